The minimum Gasteiger partial charge on any atom is -0.342 e. The van der Waals surface area contributed by atoms with Crippen molar-refractivity contribution < 1.29 is 13.2 Å². The molecule has 4 nitrogen and oxygen atoms in total. The van der Waals surface area contributed by atoms with Gasteiger partial charge in [0.25, 0.3) is 0 Å². The summed E-state index contributed by atoms with van der Waals surface area (Å²) in [4.78, 5) is 0.192. The van der Waals surface area contributed by atoms with Crippen molar-refractivity contribution in [2.45, 2.75) is 17.9 Å². The molecule has 0 fully saturated rings. The molecule has 0 saturated carbocycles. The summed E-state index contributed by atoms with van der Waals surface area (Å²) in [6.07, 6.45) is -0.897. The van der Waals surface area contributed by atoms with Crippen LogP contribution in [0.4, 0.5) is 0 Å². The Labute approximate surface area is 124 Å². The van der Waals surface area contributed by atoms with E-state index in [1.54, 1.807) is 36.4 Å². The van der Waals surface area contributed by atoms with Crippen LogP contribution in [0, 0.1) is 18.3 Å². The number of hydrogen-bond acceptors (Lipinski definition) is 4. The monoisotopic (exact) mass is 301 g/mol. The number of nitrogens with zero attached hydrogens (tertiary/aromatic N) is 1. The van der Waals surface area contributed by atoms with E-state index in [4.69, 9.17) is 10.00 Å². The second-order valence-electron chi connectivity index (χ2n) is 4.63. The summed E-state index contributed by atoms with van der Waals surface area (Å²) in [7, 11) is -3.56. The molecule has 0 saturated heterocycles. The third-order valence-electron chi connectivity index (χ3n) is 2.99. The zero-order chi connectivity index (χ0) is 15.3. The SMILES string of the molecule is Cc1ccc(S(=O)(=O)CO[C@@H](C#N)c2ccccc2)cc1. The largest absolute Gasteiger partial charge is 0.342 e. The highest BCUT2D eigenvalue weighted by molar-refractivity contribution is 7.91. The van der Waals surface area contributed by atoms with Crippen molar-refractivity contribution in [3.05, 3.63) is 65.7 Å². The highest BCUT2D eigenvalue weighted by Gasteiger charge is 2.19. The van der Waals surface area contributed by atoms with Gasteiger partial charge in [-0.05, 0) is 24.6 Å². The molecular weight excluding hydrogens is 286 g/mol. The van der Waals surface area contributed by atoms with E-state index in [0.29, 0.717) is 5.56 Å². The Balaban J connectivity index is 2.11. The molecule has 2 aromatic carbocycles. The molecule has 0 amide bonds. The average molecular weight is 301 g/mol. The van der Waals surface area contributed by atoms with Crippen LogP contribution in [0.3, 0.4) is 0 Å². The first kappa shape index (κ1) is 15.2. The van der Waals surface area contributed by atoms with Crippen LogP contribution in [-0.4, -0.2) is 14.4 Å². The van der Waals surface area contributed by atoms with Crippen molar-refractivity contribution in [1.29, 1.82) is 5.26 Å². The molecule has 0 heterocycles. The fourth-order valence-corrected chi connectivity index (χ4v) is 2.81. The van der Waals surface area contributed by atoms with Gasteiger partial charge in [0.2, 0.25) is 9.84 Å². The lowest BCUT2D eigenvalue weighted by Crippen LogP contribution is -2.13. The van der Waals surface area contributed by atoms with Crippen LogP contribution in [0.2, 0.25) is 0 Å². The average Bonchev–Trinajstić information content (AvgIpc) is 2.49. The molecule has 1 atom stereocenters. The van der Waals surface area contributed by atoms with Crippen molar-refractivity contribution >= 4 is 9.84 Å². The van der Waals surface area contributed by atoms with Crippen LogP contribution in [0.15, 0.2) is 59.5 Å². The second kappa shape index (κ2) is 6.53. The van der Waals surface area contributed by atoms with Gasteiger partial charge in [-0.1, -0.05) is 48.0 Å². The lowest BCUT2D eigenvalue weighted by Gasteiger charge is -2.11. The van der Waals surface area contributed by atoms with Gasteiger partial charge in [0, 0.05) is 0 Å². The predicted octanol–water partition coefficient (Wildman–Crippen LogP) is 3.01. The molecule has 0 spiro atoms. The number of rotatable bonds is 5. The van der Waals surface area contributed by atoms with E-state index in [1.165, 1.54) is 12.1 Å². The Morgan fingerprint density at radius 3 is 2.29 bits per heavy atom. The molecule has 0 bridgehead atoms. The Morgan fingerprint density at radius 1 is 1.10 bits per heavy atom. The van der Waals surface area contributed by atoms with Gasteiger partial charge in [0.1, 0.15) is 0 Å². The van der Waals surface area contributed by atoms with Crippen molar-refractivity contribution in [2.24, 2.45) is 0 Å². The highest BCUT2D eigenvalue weighted by Crippen LogP contribution is 2.19. The van der Waals surface area contributed by atoms with E-state index < -0.39 is 21.9 Å². The molecule has 0 unspecified atom stereocenters. The van der Waals surface area contributed by atoms with Gasteiger partial charge < -0.3 is 4.74 Å². The third kappa shape index (κ3) is 3.91. The standard InChI is InChI=1S/C16H15NO3S/c1-13-7-9-15(10-8-13)21(18,19)12-20-16(11-17)14-5-3-2-4-6-14/h2-10,16H,12H2,1H3/t16-/m0/s1. The summed E-state index contributed by atoms with van der Waals surface area (Å²) < 4.78 is 29.6. The van der Waals surface area contributed by atoms with Crippen molar-refractivity contribution in [3.63, 3.8) is 0 Å². The van der Waals surface area contributed by atoms with Crippen LogP contribution < -0.4 is 0 Å². The van der Waals surface area contributed by atoms with Gasteiger partial charge in [-0.25, -0.2) is 8.42 Å². The first-order chi connectivity index (χ1) is 10.0. The van der Waals surface area contributed by atoms with Gasteiger partial charge in [0.15, 0.2) is 12.0 Å². The third-order valence-corrected chi connectivity index (χ3v) is 4.43. The Kier molecular flexibility index (Phi) is 4.73. The topological polar surface area (TPSA) is 67.2 Å². The summed E-state index contributed by atoms with van der Waals surface area (Å²) in [6.45, 7) is 1.88. The van der Waals surface area contributed by atoms with Gasteiger partial charge in [-0.3, -0.25) is 0 Å². The zero-order valence-electron chi connectivity index (χ0n) is 11.6. The van der Waals surface area contributed by atoms with E-state index in [2.05, 4.69) is 0 Å². The van der Waals surface area contributed by atoms with Crippen molar-refractivity contribution in [2.75, 3.05) is 5.94 Å². The van der Waals surface area contributed by atoms with E-state index in [-0.39, 0.29) is 4.90 Å². The first-order valence-corrected chi connectivity index (χ1v) is 8.04. The minimum absolute atomic E-state index is 0.192. The maximum atomic E-state index is 12.2. The number of aryl methyl sites for hydroxylation is 1. The maximum absolute atomic E-state index is 12.2. The summed E-state index contributed by atoms with van der Waals surface area (Å²) in [5.41, 5.74) is 1.62. The van der Waals surface area contributed by atoms with Crippen LogP contribution in [0.25, 0.3) is 0 Å². The number of nitriles is 1. The summed E-state index contributed by atoms with van der Waals surface area (Å²) in [5.74, 6) is -0.525. The van der Waals surface area contributed by atoms with Gasteiger partial charge in [0.05, 0.1) is 11.0 Å². The smallest absolute Gasteiger partial charge is 0.202 e. The van der Waals surface area contributed by atoms with Gasteiger partial charge in [-0.15, -0.1) is 0 Å². The van der Waals surface area contributed by atoms with Gasteiger partial charge >= 0.3 is 0 Å². The summed E-state index contributed by atoms with van der Waals surface area (Å²) in [5, 5.41) is 9.11. The lowest BCUT2D eigenvalue weighted by molar-refractivity contribution is 0.129. The molecule has 21 heavy (non-hydrogen) atoms. The molecule has 2 rings (SSSR count). The predicted molar refractivity (Wildman–Crippen MR) is 79.1 cm³/mol. The molecule has 0 aliphatic rings. The normalized spacial score (nSPS) is 12.6. The van der Waals surface area contributed by atoms with E-state index >= 15 is 0 Å². The quantitative estimate of drug-likeness (QED) is 0.851. The van der Waals surface area contributed by atoms with Crippen LogP contribution in [-0.2, 0) is 14.6 Å². The fraction of sp³-hybridized carbons (Fsp3) is 0.188. The van der Waals surface area contributed by atoms with Crippen LogP contribution in [0.1, 0.15) is 17.2 Å². The number of benzene rings is 2. The van der Waals surface area contributed by atoms with Crippen LogP contribution in [0.5, 0.6) is 0 Å². The first-order valence-electron chi connectivity index (χ1n) is 6.38. The number of sulfone groups is 1. The second-order valence-corrected chi connectivity index (χ2v) is 6.57. The van der Waals surface area contributed by atoms with Gasteiger partial charge in [-0.2, -0.15) is 5.26 Å². The molecule has 0 aliphatic heterocycles. The fourth-order valence-electron chi connectivity index (χ4n) is 1.81. The molecule has 2 aromatic rings. The van der Waals surface area contributed by atoms with E-state index in [1.807, 2.05) is 19.1 Å². The van der Waals surface area contributed by atoms with E-state index in [0.717, 1.165) is 5.56 Å². The Morgan fingerprint density at radius 2 is 1.71 bits per heavy atom. The maximum Gasteiger partial charge on any atom is 0.202 e. The van der Waals surface area contributed by atoms with Crippen molar-refractivity contribution in [1.82, 2.24) is 0 Å². The Bertz CT molecular complexity index is 731. The molecule has 108 valence electrons. The Hall–Kier alpha value is -2.16. The van der Waals surface area contributed by atoms with Crippen molar-refractivity contribution in [3.8, 4) is 6.07 Å². The minimum atomic E-state index is -3.56. The number of ether oxygens (including phenoxy) is 1. The highest BCUT2D eigenvalue weighted by atomic mass is 32.2. The number of hydrogen-bond donors (Lipinski definition) is 0. The zero-order valence-corrected chi connectivity index (χ0v) is 12.4. The molecule has 0 N–H and O–H groups in total. The molecule has 5 heteroatoms. The lowest BCUT2D eigenvalue weighted by atomic mass is 10.1. The molecule has 0 aliphatic carbocycles. The molecule has 0 radical (unpaired) electrons. The molecule has 0 aromatic heterocycles. The van der Waals surface area contributed by atoms with Crippen LogP contribution >= 0.6 is 0 Å². The summed E-state index contributed by atoms with van der Waals surface area (Å²) >= 11 is 0. The van der Waals surface area contributed by atoms with E-state index in [9.17, 15) is 8.42 Å². The molecular formula is C16H15NO3S. The summed E-state index contributed by atoms with van der Waals surface area (Å²) in [6, 6.07) is 17.3.